The summed E-state index contributed by atoms with van der Waals surface area (Å²) in [5.41, 5.74) is 10.5. The molecule has 2 aromatic rings. The zero-order valence-electron chi connectivity index (χ0n) is 11.4. The number of urea groups is 1. The Balaban J connectivity index is 1.82. The lowest BCUT2D eigenvalue weighted by Gasteiger charge is -2.18. The van der Waals surface area contributed by atoms with Crippen LogP contribution in [0.2, 0.25) is 0 Å². The van der Waals surface area contributed by atoms with E-state index in [1.807, 2.05) is 49.4 Å². The topological polar surface area (TPSA) is 58.4 Å². The molecule has 0 atom stereocenters. The Labute approximate surface area is 118 Å². The Morgan fingerprint density at radius 1 is 1.25 bits per heavy atom. The fraction of sp³-hybridized carbons (Fsp3) is 0.188. The largest absolute Gasteiger partial charge is 0.399 e. The van der Waals surface area contributed by atoms with Gasteiger partial charge >= 0.3 is 6.03 Å². The van der Waals surface area contributed by atoms with Crippen molar-refractivity contribution in [2.45, 2.75) is 13.3 Å². The highest BCUT2D eigenvalue weighted by molar-refractivity contribution is 6.03. The molecule has 3 rings (SSSR count). The van der Waals surface area contributed by atoms with Gasteiger partial charge in [0.25, 0.3) is 0 Å². The molecule has 0 unspecified atom stereocenters. The smallest absolute Gasteiger partial charge is 0.326 e. The van der Waals surface area contributed by atoms with Crippen LogP contribution in [0.25, 0.3) is 0 Å². The molecule has 0 aliphatic carbocycles. The van der Waals surface area contributed by atoms with Gasteiger partial charge in [-0.05, 0) is 48.7 Å². The highest BCUT2D eigenvalue weighted by Crippen LogP contribution is 2.30. The Morgan fingerprint density at radius 3 is 2.90 bits per heavy atom. The zero-order chi connectivity index (χ0) is 14.1. The number of rotatable bonds is 1. The number of amides is 2. The third-order valence-electron chi connectivity index (χ3n) is 3.52. The number of hydrogen-bond donors (Lipinski definition) is 2. The van der Waals surface area contributed by atoms with Crippen LogP contribution in [-0.4, -0.2) is 12.6 Å². The molecule has 2 aromatic carbocycles. The maximum absolute atomic E-state index is 12.4. The second-order valence-electron chi connectivity index (χ2n) is 5.09. The Bertz CT molecular complexity index is 667. The number of nitrogens with zero attached hydrogens (tertiary/aromatic N) is 1. The van der Waals surface area contributed by atoms with Crippen LogP contribution in [0.5, 0.6) is 0 Å². The molecule has 0 fully saturated rings. The second kappa shape index (κ2) is 4.89. The number of carbonyl (C=O) groups is 1. The van der Waals surface area contributed by atoms with E-state index in [1.54, 1.807) is 4.90 Å². The highest BCUT2D eigenvalue weighted by atomic mass is 16.2. The molecule has 0 spiro atoms. The van der Waals surface area contributed by atoms with Crippen LogP contribution in [0.4, 0.5) is 21.9 Å². The van der Waals surface area contributed by atoms with E-state index in [1.165, 1.54) is 5.56 Å². The summed E-state index contributed by atoms with van der Waals surface area (Å²) in [6, 6.07) is 13.4. The van der Waals surface area contributed by atoms with Crippen LogP contribution in [0.15, 0.2) is 42.5 Å². The third-order valence-corrected chi connectivity index (χ3v) is 3.52. The number of fused-ring (bicyclic) bond motifs is 1. The third kappa shape index (κ3) is 2.32. The molecule has 0 saturated heterocycles. The zero-order valence-corrected chi connectivity index (χ0v) is 11.4. The SMILES string of the molecule is Cc1cccc(NC(=O)N2CCc3ccc(N)cc32)c1. The minimum absolute atomic E-state index is 0.111. The molecule has 102 valence electrons. The van der Waals surface area contributed by atoms with Gasteiger partial charge in [0.05, 0.1) is 5.69 Å². The van der Waals surface area contributed by atoms with Crippen molar-refractivity contribution in [3.8, 4) is 0 Å². The van der Waals surface area contributed by atoms with Crippen LogP contribution in [-0.2, 0) is 6.42 Å². The lowest BCUT2D eigenvalue weighted by molar-refractivity contribution is 0.257. The van der Waals surface area contributed by atoms with Gasteiger partial charge in [0.15, 0.2) is 0 Å². The first kappa shape index (κ1) is 12.5. The molecule has 0 aromatic heterocycles. The van der Waals surface area contributed by atoms with Gasteiger partial charge < -0.3 is 11.1 Å². The first-order valence-corrected chi connectivity index (χ1v) is 6.67. The number of carbonyl (C=O) groups excluding carboxylic acids is 1. The van der Waals surface area contributed by atoms with Crippen LogP contribution >= 0.6 is 0 Å². The summed E-state index contributed by atoms with van der Waals surface area (Å²) in [5, 5.41) is 2.93. The fourth-order valence-electron chi connectivity index (χ4n) is 2.52. The molecule has 0 saturated carbocycles. The van der Waals surface area contributed by atoms with E-state index < -0.39 is 0 Å². The van der Waals surface area contributed by atoms with Crippen molar-refractivity contribution in [2.75, 3.05) is 22.5 Å². The van der Waals surface area contributed by atoms with E-state index in [0.29, 0.717) is 12.2 Å². The summed E-state index contributed by atoms with van der Waals surface area (Å²) in [5.74, 6) is 0. The first-order chi connectivity index (χ1) is 9.63. The summed E-state index contributed by atoms with van der Waals surface area (Å²) < 4.78 is 0. The number of benzene rings is 2. The summed E-state index contributed by atoms with van der Waals surface area (Å²) in [4.78, 5) is 14.1. The van der Waals surface area contributed by atoms with E-state index in [0.717, 1.165) is 23.4 Å². The van der Waals surface area contributed by atoms with Gasteiger partial charge in [0, 0.05) is 17.9 Å². The van der Waals surface area contributed by atoms with E-state index in [-0.39, 0.29) is 6.03 Å². The number of anilines is 3. The summed E-state index contributed by atoms with van der Waals surface area (Å²) >= 11 is 0. The average Bonchev–Trinajstić information content (AvgIpc) is 2.81. The van der Waals surface area contributed by atoms with Gasteiger partial charge in [0.2, 0.25) is 0 Å². The van der Waals surface area contributed by atoms with Crippen molar-refractivity contribution in [3.63, 3.8) is 0 Å². The number of aryl methyl sites for hydroxylation is 1. The van der Waals surface area contributed by atoms with Crippen LogP contribution in [0.1, 0.15) is 11.1 Å². The molecular weight excluding hydrogens is 250 g/mol. The quantitative estimate of drug-likeness (QED) is 0.780. The maximum Gasteiger partial charge on any atom is 0.326 e. The average molecular weight is 267 g/mol. The first-order valence-electron chi connectivity index (χ1n) is 6.67. The van der Waals surface area contributed by atoms with Gasteiger partial charge in [-0.15, -0.1) is 0 Å². The fourth-order valence-corrected chi connectivity index (χ4v) is 2.52. The number of nitrogen functional groups attached to an aromatic ring is 1. The maximum atomic E-state index is 12.4. The molecule has 0 bridgehead atoms. The van der Waals surface area contributed by atoms with Crippen molar-refractivity contribution in [3.05, 3.63) is 53.6 Å². The van der Waals surface area contributed by atoms with Gasteiger partial charge in [0.1, 0.15) is 0 Å². The Morgan fingerprint density at radius 2 is 2.10 bits per heavy atom. The van der Waals surface area contributed by atoms with Gasteiger partial charge in [-0.2, -0.15) is 0 Å². The molecule has 4 heteroatoms. The van der Waals surface area contributed by atoms with Crippen LogP contribution < -0.4 is 16.0 Å². The van der Waals surface area contributed by atoms with Crippen LogP contribution in [0.3, 0.4) is 0 Å². The summed E-state index contributed by atoms with van der Waals surface area (Å²) in [6.45, 7) is 2.69. The van der Waals surface area contributed by atoms with E-state index in [9.17, 15) is 4.79 Å². The van der Waals surface area contributed by atoms with Gasteiger partial charge in [-0.3, -0.25) is 4.90 Å². The Hall–Kier alpha value is -2.49. The molecule has 1 heterocycles. The van der Waals surface area contributed by atoms with E-state index >= 15 is 0 Å². The van der Waals surface area contributed by atoms with Crippen molar-refractivity contribution >= 4 is 23.1 Å². The van der Waals surface area contributed by atoms with Gasteiger partial charge in [-0.1, -0.05) is 18.2 Å². The molecule has 1 aliphatic rings. The lowest BCUT2D eigenvalue weighted by Crippen LogP contribution is -2.33. The molecule has 1 aliphatic heterocycles. The van der Waals surface area contributed by atoms with E-state index in [4.69, 9.17) is 5.73 Å². The van der Waals surface area contributed by atoms with Crippen molar-refractivity contribution < 1.29 is 4.79 Å². The normalized spacial score (nSPS) is 13.2. The molecule has 0 radical (unpaired) electrons. The highest BCUT2D eigenvalue weighted by Gasteiger charge is 2.24. The lowest BCUT2D eigenvalue weighted by atomic mass is 10.1. The number of hydrogen-bond acceptors (Lipinski definition) is 2. The minimum Gasteiger partial charge on any atom is -0.399 e. The van der Waals surface area contributed by atoms with Crippen LogP contribution in [0, 0.1) is 6.92 Å². The number of nitrogens with two attached hydrogens (primary N) is 1. The minimum atomic E-state index is -0.111. The standard InChI is InChI=1S/C16H17N3O/c1-11-3-2-4-14(9-11)18-16(20)19-8-7-12-5-6-13(17)10-15(12)19/h2-6,9-10H,7-8,17H2,1H3,(H,18,20). The molecular formula is C16H17N3O. The molecule has 3 N–H and O–H groups in total. The van der Waals surface area contributed by atoms with Gasteiger partial charge in [-0.25, -0.2) is 4.79 Å². The molecule has 4 nitrogen and oxygen atoms in total. The van der Waals surface area contributed by atoms with Crippen molar-refractivity contribution in [1.82, 2.24) is 0 Å². The second-order valence-corrected chi connectivity index (χ2v) is 5.09. The predicted octanol–water partition coefficient (Wildman–Crippen LogP) is 3.17. The molecule has 2 amide bonds. The van der Waals surface area contributed by atoms with Crippen molar-refractivity contribution in [1.29, 1.82) is 0 Å². The summed E-state index contributed by atoms with van der Waals surface area (Å²) in [6.07, 6.45) is 0.872. The van der Waals surface area contributed by atoms with E-state index in [2.05, 4.69) is 5.32 Å². The Kier molecular flexibility index (Phi) is 3.06. The van der Waals surface area contributed by atoms with Crippen molar-refractivity contribution in [2.24, 2.45) is 0 Å². The summed E-state index contributed by atoms with van der Waals surface area (Å²) in [7, 11) is 0. The predicted molar refractivity (Wildman–Crippen MR) is 82.1 cm³/mol. The molecule has 20 heavy (non-hydrogen) atoms. The monoisotopic (exact) mass is 267 g/mol. The number of nitrogens with one attached hydrogen (secondary N) is 1.